The molecule has 8 nitrogen and oxygen atoms in total. The fraction of sp³-hybridized carbons (Fsp3) is 0.391. The first-order chi connectivity index (χ1) is 15.5. The third kappa shape index (κ3) is 4.03. The van der Waals surface area contributed by atoms with E-state index >= 15 is 0 Å². The van der Waals surface area contributed by atoms with Gasteiger partial charge in [-0.3, -0.25) is 4.79 Å². The molecule has 2 fully saturated rings. The number of sulfonamides is 1. The third-order valence-corrected chi connectivity index (χ3v) is 8.06. The van der Waals surface area contributed by atoms with Gasteiger partial charge in [0.25, 0.3) is 0 Å². The summed E-state index contributed by atoms with van der Waals surface area (Å²) in [6, 6.07) is 14.7. The molecule has 5 rings (SSSR count). The highest BCUT2D eigenvalue weighted by Gasteiger charge is 2.35. The van der Waals surface area contributed by atoms with E-state index in [0.717, 1.165) is 5.56 Å². The van der Waals surface area contributed by atoms with Gasteiger partial charge in [-0.1, -0.05) is 30.3 Å². The molecule has 2 aliphatic heterocycles. The van der Waals surface area contributed by atoms with Crippen LogP contribution in [0.5, 0.6) is 0 Å². The van der Waals surface area contributed by atoms with E-state index in [1.54, 1.807) is 23.1 Å². The molecule has 0 spiro atoms. The predicted molar refractivity (Wildman–Crippen MR) is 120 cm³/mol. The molecule has 1 unspecified atom stereocenters. The lowest BCUT2D eigenvalue weighted by Crippen LogP contribution is -2.49. The number of hydrogen-bond donors (Lipinski definition) is 1. The van der Waals surface area contributed by atoms with E-state index in [1.165, 1.54) is 4.31 Å². The second-order valence-corrected chi connectivity index (χ2v) is 10.2. The standard InChI is InChI=1S/C23H26N4O4S/c28-23(26-11-13-31-14-12-26)18-7-4-10-27(16-18)32(29,30)19-8-9-20-21(15-19)25-22(24-20)17-5-2-1-3-6-17/h1-3,5-6,8-9,15,18H,4,7,10-14,16H2,(H,24,25). The molecule has 3 aromatic rings. The molecule has 1 N–H and O–H groups in total. The van der Waals surface area contributed by atoms with Gasteiger partial charge in [-0.2, -0.15) is 4.31 Å². The van der Waals surface area contributed by atoms with Crippen molar-refractivity contribution in [3.63, 3.8) is 0 Å². The zero-order valence-corrected chi connectivity index (χ0v) is 18.6. The normalized spacial score (nSPS) is 20.5. The molecule has 32 heavy (non-hydrogen) atoms. The van der Waals surface area contributed by atoms with Crippen LogP contribution in [-0.2, 0) is 19.6 Å². The van der Waals surface area contributed by atoms with Gasteiger partial charge in [0.15, 0.2) is 0 Å². The van der Waals surface area contributed by atoms with Crippen molar-refractivity contribution in [2.24, 2.45) is 5.92 Å². The Morgan fingerprint density at radius 3 is 2.62 bits per heavy atom. The summed E-state index contributed by atoms with van der Waals surface area (Å²) in [5.41, 5.74) is 2.32. The minimum Gasteiger partial charge on any atom is -0.378 e. The topological polar surface area (TPSA) is 95.6 Å². The molecule has 2 aromatic carbocycles. The van der Waals surface area contributed by atoms with Crippen molar-refractivity contribution in [1.82, 2.24) is 19.2 Å². The maximum Gasteiger partial charge on any atom is 0.243 e. The lowest BCUT2D eigenvalue weighted by Gasteiger charge is -2.35. The molecule has 9 heteroatoms. The lowest BCUT2D eigenvalue weighted by atomic mass is 9.98. The SMILES string of the molecule is O=C(C1CCCN(S(=O)(=O)c2ccc3nc(-c4ccccc4)[nH]c3c2)C1)N1CCOCC1. The van der Waals surface area contributed by atoms with Gasteiger partial charge in [-0.05, 0) is 31.0 Å². The molecular weight excluding hydrogens is 428 g/mol. The van der Waals surface area contributed by atoms with Gasteiger partial charge in [0.2, 0.25) is 15.9 Å². The first-order valence-electron chi connectivity index (χ1n) is 10.9. The maximum atomic E-state index is 13.4. The van der Waals surface area contributed by atoms with Gasteiger partial charge in [-0.15, -0.1) is 0 Å². The molecule has 0 saturated carbocycles. The molecule has 0 radical (unpaired) electrons. The Morgan fingerprint density at radius 2 is 1.84 bits per heavy atom. The van der Waals surface area contributed by atoms with Gasteiger partial charge in [-0.25, -0.2) is 13.4 Å². The molecule has 1 atom stereocenters. The van der Waals surface area contributed by atoms with Crippen molar-refractivity contribution < 1.29 is 17.9 Å². The van der Waals surface area contributed by atoms with E-state index in [0.29, 0.717) is 62.5 Å². The molecule has 1 amide bonds. The first-order valence-corrected chi connectivity index (χ1v) is 12.4. The Morgan fingerprint density at radius 1 is 1.06 bits per heavy atom. The number of morpholine rings is 1. The molecule has 3 heterocycles. The molecule has 1 aromatic heterocycles. The van der Waals surface area contributed by atoms with E-state index in [4.69, 9.17) is 4.74 Å². The monoisotopic (exact) mass is 454 g/mol. The number of carbonyl (C=O) groups is 1. The molecule has 168 valence electrons. The van der Waals surface area contributed by atoms with Crippen LogP contribution < -0.4 is 0 Å². The van der Waals surface area contributed by atoms with Crippen LogP contribution in [0.4, 0.5) is 0 Å². The quantitative estimate of drug-likeness (QED) is 0.654. The molecule has 0 bridgehead atoms. The third-order valence-electron chi connectivity index (χ3n) is 6.19. The first kappa shape index (κ1) is 21.1. The second-order valence-electron chi connectivity index (χ2n) is 8.27. The van der Waals surface area contributed by atoms with Gasteiger partial charge >= 0.3 is 0 Å². The number of imidazole rings is 1. The molecule has 2 saturated heterocycles. The summed E-state index contributed by atoms with van der Waals surface area (Å²) >= 11 is 0. The van der Waals surface area contributed by atoms with Crippen LogP contribution in [0.3, 0.4) is 0 Å². The van der Waals surface area contributed by atoms with E-state index in [-0.39, 0.29) is 23.3 Å². The van der Waals surface area contributed by atoms with Crippen LogP contribution in [0, 0.1) is 5.92 Å². The number of piperidine rings is 1. The Bertz CT molecular complexity index is 1220. The largest absolute Gasteiger partial charge is 0.378 e. The lowest BCUT2D eigenvalue weighted by molar-refractivity contribution is -0.140. The number of H-pyrrole nitrogens is 1. The summed E-state index contributed by atoms with van der Waals surface area (Å²) in [4.78, 5) is 22.7. The van der Waals surface area contributed by atoms with Crippen molar-refractivity contribution in [1.29, 1.82) is 0 Å². The maximum absolute atomic E-state index is 13.4. The summed E-state index contributed by atoms with van der Waals surface area (Å²) in [7, 11) is -3.72. The number of nitrogens with one attached hydrogen (secondary N) is 1. The molecular formula is C23H26N4O4S. The number of hydrogen-bond acceptors (Lipinski definition) is 5. The van der Waals surface area contributed by atoms with Gasteiger partial charge < -0.3 is 14.6 Å². The molecule has 0 aliphatic carbocycles. The highest BCUT2D eigenvalue weighted by Crippen LogP contribution is 2.28. The van der Waals surface area contributed by atoms with Crippen molar-refractivity contribution >= 4 is 27.0 Å². The van der Waals surface area contributed by atoms with E-state index in [9.17, 15) is 13.2 Å². The Kier molecular flexibility index (Phi) is 5.71. The van der Waals surface area contributed by atoms with Crippen LogP contribution in [0.25, 0.3) is 22.4 Å². The number of nitrogens with zero attached hydrogens (tertiary/aromatic N) is 3. The number of aromatic amines is 1. The fourth-order valence-electron chi connectivity index (χ4n) is 4.44. The van der Waals surface area contributed by atoms with Crippen LogP contribution >= 0.6 is 0 Å². The van der Waals surface area contributed by atoms with Gasteiger partial charge in [0.1, 0.15) is 5.82 Å². The Balaban J connectivity index is 1.37. The van der Waals surface area contributed by atoms with Crippen LogP contribution in [0.1, 0.15) is 12.8 Å². The smallest absolute Gasteiger partial charge is 0.243 e. The highest BCUT2D eigenvalue weighted by atomic mass is 32.2. The van der Waals surface area contributed by atoms with Crippen molar-refractivity contribution in [3.8, 4) is 11.4 Å². The number of carbonyl (C=O) groups excluding carboxylic acids is 1. The number of amides is 1. The van der Waals surface area contributed by atoms with E-state index in [2.05, 4.69) is 9.97 Å². The average molecular weight is 455 g/mol. The van der Waals surface area contributed by atoms with Crippen LogP contribution in [0.15, 0.2) is 53.4 Å². The summed E-state index contributed by atoms with van der Waals surface area (Å²) in [5.74, 6) is 0.422. The number of fused-ring (bicyclic) bond motifs is 1. The van der Waals surface area contributed by atoms with Crippen molar-refractivity contribution in [3.05, 3.63) is 48.5 Å². The summed E-state index contributed by atoms with van der Waals surface area (Å²) in [6.45, 7) is 2.86. The van der Waals surface area contributed by atoms with Crippen LogP contribution in [0.2, 0.25) is 0 Å². The Labute approximate surface area is 187 Å². The van der Waals surface area contributed by atoms with Crippen molar-refractivity contribution in [2.75, 3.05) is 39.4 Å². The number of aromatic nitrogens is 2. The fourth-order valence-corrected chi connectivity index (χ4v) is 5.99. The van der Waals surface area contributed by atoms with Crippen LogP contribution in [-0.4, -0.2) is 72.9 Å². The van der Waals surface area contributed by atoms with E-state index < -0.39 is 10.0 Å². The predicted octanol–water partition coefficient (Wildman–Crippen LogP) is 2.49. The number of benzene rings is 2. The summed E-state index contributed by atoms with van der Waals surface area (Å²) in [6.07, 6.45) is 1.38. The van der Waals surface area contributed by atoms with Gasteiger partial charge in [0, 0.05) is 31.7 Å². The number of rotatable bonds is 4. The average Bonchev–Trinajstić information content (AvgIpc) is 3.28. The zero-order valence-electron chi connectivity index (χ0n) is 17.7. The highest BCUT2D eigenvalue weighted by molar-refractivity contribution is 7.89. The summed E-state index contributed by atoms with van der Waals surface area (Å²) in [5, 5.41) is 0. The van der Waals surface area contributed by atoms with Gasteiger partial charge in [0.05, 0.1) is 35.1 Å². The number of ether oxygens (including phenoxy) is 1. The van der Waals surface area contributed by atoms with E-state index in [1.807, 2.05) is 30.3 Å². The Hall–Kier alpha value is -2.75. The van der Waals surface area contributed by atoms with Crippen molar-refractivity contribution in [2.45, 2.75) is 17.7 Å². The molecule has 2 aliphatic rings. The second kappa shape index (κ2) is 8.65. The summed E-state index contributed by atoms with van der Waals surface area (Å²) < 4.78 is 33.6. The minimum atomic E-state index is -3.72. The minimum absolute atomic E-state index is 0.0322. The zero-order chi connectivity index (χ0) is 22.1.